The first-order valence-corrected chi connectivity index (χ1v) is 8.74. The van der Waals surface area contributed by atoms with Crippen LogP contribution in [-0.4, -0.2) is 36.4 Å². The van der Waals surface area contributed by atoms with E-state index in [-0.39, 0.29) is 17.1 Å². The Kier molecular flexibility index (Phi) is 3.73. The van der Waals surface area contributed by atoms with Gasteiger partial charge >= 0.3 is 0 Å². The van der Waals surface area contributed by atoms with Gasteiger partial charge in [-0.2, -0.15) is 10.1 Å². The Morgan fingerprint density at radius 3 is 2.31 bits per heavy atom. The molecule has 9 nitrogen and oxygen atoms in total. The largest absolute Gasteiger partial charge is 0.495 e. The molecule has 142 valence electrons. The number of pyridine rings is 3. The van der Waals surface area contributed by atoms with Crippen LogP contribution in [0.4, 0.5) is 0 Å². The topological polar surface area (TPSA) is 108 Å². The molecule has 4 aromatic heterocycles. The van der Waals surface area contributed by atoms with Crippen LogP contribution in [0.3, 0.4) is 0 Å². The van der Waals surface area contributed by atoms with Gasteiger partial charge in [-0.25, -0.2) is 10.1 Å². The molecule has 0 amide bonds. The minimum absolute atomic E-state index is 0.288. The molecule has 0 atom stereocenters. The summed E-state index contributed by atoms with van der Waals surface area (Å²) in [5, 5.41) is 7.06. The second-order valence-electron chi connectivity index (χ2n) is 6.32. The van der Waals surface area contributed by atoms with Crippen molar-refractivity contribution >= 4 is 21.8 Å². The standard InChI is InChI=1S/C20H14N6O3/c1-29-17-5-3-2-4-16(17)25-8-6-14-12(18(25)27)10-13-15(23-14)7-9-26(19(13)28)20-21-11-22-24-20/h2-11H,1H3,(H,21,22,24). The van der Waals surface area contributed by atoms with Crippen molar-refractivity contribution in [3.63, 3.8) is 0 Å². The summed E-state index contributed by atoms with van der Waals surface area (Å²) in [7, 11) is 1.55. The van der Waals surface area contributed by atoms with E-state index in [1.807, 2.05) is 12.1 Å². The highest BCUT2D eigenvalue weighted by Gasteiger charge is 2.13. The molecule has 0 fully saturated rings. The van der Waals surface area contributed by atoms with Crippen LogP contribution >= 0.6 is 0 Å². The van der Waals surface area contributed by atoms with Crippen molar-refractivity contribution in [2.24, 2.45) is 0 Å². The molecule has 0 spiro atoms. The number of hydrogen-bond acceptors (Lipinski definition) is 6. The lowest BCUT2D eigenvalue weighted by Crippen LogP contribution is -2.21. The number of ether oxygens (including phenoxy) is 1. The molecular formula is C20H14N6O3. The summed E-state index contributed by atoms with van der Waals surface area (Å²) in [6.45, 7) is 0. The highest BCUT2D eigenvalue weighted by atomic mass is 16.5. The molecule has 29 heavy (non-hydrogen) atoms. The number of hydrogen-bond donors (Lipinski definition) is 1. The normalized spacial score (nSPS) is 11.2. The zero-order chi connectivity index (χ0) is 20.0. The van der Waals surface area contributed by atoms with Crippen molar-refractivity contribution in [3.05, 3.63) is 81.9 Å². The van der Waals surface area contributed by atoms with Crippen molar-refractivity contribution in [1.29, 1.82) is 0 Å². The third-order valence-corrected chi connectivity index (χ3v) is 4.72. The molecule has 0 aliphatic carbocycles. The van der Waals surface area contributed by atoms with E-state index in [0.29, 0.717) is 33.2 Å². The van der Waals surface area contributed by atoms with Gasteiger partial charge in [0.2, 0.25) is 5.95 Å². The highest BCUT2D eigenvalue weighted by molar-refractivity contribution is 5.91. The van der Waals surface area contributed by atoms with E-state index >= 15 is 0 Å². The first-order valence-electron chi connectivity index (χ1n) is 8.74. The van der Waals surface area contributed by atoms with Gasteiger partial charge < -0.3 is 4.74 Å². The summed E-state index contributed by atoms with van der Waals surface area (Å²) >= 11 is 0. The number of aromatic amines is 1. The number of H-pyrrole nitrogens is 1. The van der Waals surface area contributed by atoms with Gasteiger partial charge in [0.25, 0.3) is 11.1 Å². The number of nitrogens with one attached hydrogen (secondary N) is 1. The Balaban J connectivity index is 1.80. The van der Waals surface area contributed by atoms with Gasteiger partial charge in [-0.05, 0) is 30.3 Å². The van der Waals surface area contributed by atoms with Gasteiger partial charge in [-0.1, -0.05) is 12.1 Å². The Bertz CT molecular complexity index is 1480. The SMILES string of the molecule is COc1ccccc1-n1ccc2nc3ccn(-c4ncn[nH]4)c(=O)c3cc2c1=O. The van der Waals surface area contributed by atoms with Crippen LogP contribution in [0.5, 0.6) is 5.75 Å². The number of aromatic nitrogens is 6. The van der Waals surface area contributed by atoms with E-state index in [4.69, 9.17) is 4.74 Å². The van der Waals surface area contributed by atoms with Crippen LogP contribution in [0, 0.1) is 0 Å². The second kappa shape index (κ2) is 6.41. The molecule has 1 aromatic carbocycles. The van der Waals surface area contributed by atoms with Crippen molar-refractivity contribution in [2.45, 2.75) is 0 Å². The maximum absolute atomic E-state index is 13.2. The fraction of sp³-hybridized carbons (Fsp3) is 0.0500. The lowest BCUT2D eigenvalue weighted by molar-refractivity contribution is 0.412. The molecule has 0 saturated carbocycles. The smallest absolute Gasteiger partial charge is 0.266 e. The van der Waals surface area contributed by atoms with E-state index in [1.54, 1.807) is 49.8 Å². The zero-order valence-electron chi connectivity index (χ0n) is 15.2. The molecule has 9 heteroatoms. The predicted molar refractivity (Wildman–Crippen MR) is 107 cm³/mol. The maximum Gasteiger partial charge on any atom is 0.266 e. The quantitative estimate of drug-likeness (QED) is 0.474. The molecule has 5 aromatic rings. The second-order valence-corrected chi connectivity index (χ2v) is 6.32. The van der Waals surface area contributed by atoms with Crippen LogP contribution in [0.2, 0.25) is 0 Å². The Morgan fingerprint density at radius 1 is 0.931 bits per heavy atom. The summed E-state index contributed by atoms with van der Waals surface area (Å²) in [6.07, 6.45) is 4.54. The van der Waals surface area contributed by atoms with Crippen molar-refractivity contribution in [3.8, 4) is 17.4 Å². The minimum Gasteiger partial charge on any atom is -0.495 e. The van der Waals surface area contributed by atoms with E-state index < -0.39 is 0 Å². The van der Waals surface area contributed by atoms with Gasteiger partial charge in [0.05, 0.1) is 34.6 Å². The zero-order valence-corrected chi connectivity index (χ0v) is 15.2. The third-order valence-electron chi connectivity index (χ3n) is 4.72. The van der Waals surface area contributed by atoms with Gasteiger partial charge in [-0.3, -0.25) is 18.7 Å². The summed E-state index contributed by atoms with van der Waals surface area (Å²) in [5.41, 5.74) is 0.962. The molecule has 0 aliphatic heterocycles. The highest BCUT2D eigenvalue weighted by Crippen LogP contribution is 2.22. The van der Waals surface area contributed by atoms with Gasteiger partial charge in [0.15, 0.2) is 0 Å². The first-order chi connectivity index (χ1) is 14.2. The van der Waals surface area contributed by atoms with Crippen LogP contribution < -0.4 is 15.9 Å². The molecule has 0 bridgehead atoms. The molecule has 0 radical (unpaired) electrons. The number of rotatable bonds is 3. The van der Waals surface area contributed by atoms with E-state index in [2.05, 4.69) is 20.2 Å². The van der Waals surface area contributed by atoms with Gasteiger partial charge in [0.1, 0.15) is 12.1 Å². The Labute approximate surface area is 162 Å². The fourth-order valence-corrected chi connectivity index (χ4v) is 3.32. The number of para-hydroxylation sites is 2. The van der Waals surface area contributed by atoms with E-state index in [9.17, 15) is 9.59 Å². The molecule has 1 N–H and O–H groups in total. The summed E-state index contributed by atoms with van der Waals surface area (Å²) < 4.78 is 8.17. The fourth-order valence-electron chi connectivity index (χ4n) is 3.32. The van der Waals surface area contributed by atoms with Crippen LogP contribution in [0.15, 0.2) is 70.8 Å². The van der Waals surface area contributed by atoms with E-state index in [1.165, 1.54) is 15.5 Å². The summed E-state index contributed by atoms with van der Waals surface area (Å²) in [5.74, 6) is 0.854. The summed E-state index contributed by atoms with van der Waals surface area (Å²) in [6, 6.07) is 12.2. The molecule has 0 aliphatic rings. The average molecular weight is 386 g/mol. The molecular weight excluding hydrogens is 372 g/mol. The van der Waals surface area contributed by atoms with Crippen LogP contribution in [-0.2, 0) is 0 Å². The number of methoxy groups -OCH3 is 1. The third kappa shape index (κ3) is 2.59. The predicted octanol–water partition coefficient (Wildman–Crippen LogP) is 1.82. The molecule has 0 unspecified atom stereocenters. The van der Waals surface area contributed by atoms with E-state index in [0.717, 1.165) is 0 Å². The van der Waals surface area contributed by atoms with Crippen molar-refractivity contribution in [2.75, 3.05) is 7.11 Å². The number of benzene rings is 1. The van der Waals surface area contributed by atoms with Gasteiger partial charge in [-0.15, -0.1) is 0 Å². The summed E-state index contributed by atoms with van der Waals surface area (Å²) in [4.78, 5) is 34.6. The Morgan fingerprint density at radius 2 is 1.62 bits per heavy atom. The first kappa shape index (κ1) is 16.9. The van der Waals surface area contributed by atoms with Crippen LogP contribution in [0.1, 0.15) is 0 Å². The number of fused-ring (bicyclic) bond motifs is 2. The monoisotopic (exact) mass is 386 g/mol. The lowest BCUT2D eigenvalue weighted by atomic mass is 10.2. The van der Waals surface area contributed by atoms with Gasteiger partial charge in [0, 0.05) is 12.4 Å². The lowest BCUT2D eigenvalue weighted by Gasteiger charge is -2.11. The maximum atomic E-state index is 13.2. The van der Waals surface area contributed by atoms with Crippen molar-refractivity contribution < 1.29 is 4.74 Å². The van der Waals surface area contributed by atoms with Crippen LogP contribution in [0.25, 0.3) is 33.4 Å². The Hall–Kier alpha value is -4.27. The molecule has 0 saturated heterocycles. The molecule has 4 heterocycles. The molecule has 5 rings (SSSR count). The van der Waals surface area contributed by atoms with Crippen molar-refractivity contribution in [1.82, 2.24) is 29.3 Å². The minimum atomic E-state index is -0.347. The number of nitrogens with zero attached hydrogens (tertiary/aromatic N) is 5. The average Bonchev–Trinajstić information content (AvgIpc) is 3.28.